The van der Waals surface area contributed by atoms with Gasteiger partial charge in [-0.15, -0.1) is 0 Å². The monoisotopic (exact) mass is 173 g/mol. The van der Waals surface area contributed by atoms with Crippen molar-refractivity contribution >= 4 is 6.03 Å². The second kappa shape index (κ2) is 8.33. The van der Waals surface area contributed by atoms with Crippen LogP contribution in [0.15, 0.2) is 0 Å². The Morgan fingerprint density at radius 1 is 1.08 bits per heavy atom. The number of primary amides is 1. The number of rotatable bonds is 7. The summed E-state index contributed by atoms with van der Waals surface area (Å²) in [6, 6.07) is -0.433. The van der Waals surface area contributed by atoms with Gasteiger partial charge in [0.05, 0.1) is 0 Å². The molecule has 0 fully saturated rings. The van der Waals surface area contributed by atoms with Crippen LogP contribution in [-0.2, 0) is 0 Å². The van der Waals surface area contributed by atoms with E-state index in [1.165, 1.54) is 12.8 Å². The van der Waals surface area contributed by atoms with Crippen LogP contribution in [0.25, 0.3) is 0 Å². The number of hydrogen-bond donors (Lipinski definition) is 3. The first-order valence-electron chi connectivity index (χ1n) is 4.50. The Kier molecular flexibility index (Phi) is 7.79. The van der Waals surface area contributed by atoms with Gasteiger partial charge in [0.1, 0.15) is 0 Å². The van der Waals surface area contributed by atoms with Crippen molar-refractivity contribution in [2.75, 3.05) is 13.1 Å². The van der Waals surface area contributed by atoms with Gasteiger partial charge in [0, 0.05) is 6.54 Å². The molecule has 0 spiro atoms. The predicted molar refractivity (Wildman–Crippen MR) is 49.7 cm³/mol. The third kappa shape index (κ3) is 9.23. The fourth-order valence-corrected chi connectivity index (χ4v) is 1.01. The van der Waals surface area contributed by atoms with Crippen LogP contribution in [0.2, 0.25) is 0 Å². The molecule has 0 aromatic carbocycles. The largest absolute Gasteiger partial charge is 0.352 e. The minimum atomic E-state index is -0.433. The highest BCUT2D eigenvalue weighted by Crippen LogP contribution is 2.00. The molecule has 0 saturated carbocycles. The molecule has 0 aromatic heterocycles. The summed E-state index contributed by atoms with van der Waals surface area (Å²) in [6.07, 6.45) is 5.63. The van der Waals surface area contributed by atoms with Crippen molar-refractivity contribution in [2.45, 2.75) is 32.1 Å². The van der Waals surface area contributed by atoms with Crippen LogP contribution in [0.5, 0.6) is 0 Å². The fraction of sp³-hybridized carbons (Fsp3) is 0.875. The zero-order valence-electron chi connectivity index (χ0n) is 7.51. The Hall–Kier alpha value is -0.770. The minimum absolute atomic E-state index is 0.433. The number of urea groups is 1. The first-order valence-corrected chi connectivity index (χ1v) is 4.50. The van der Waals surface area contributed by atoms with Gasteiger partial charge in [0.15, 0.2) is 0 Å². The maximum absolute atomic E-state index is 10.2. The summed E-state index contributed by atoms with van der Waals surface area (Å²) in [5.74, 6) is 0. The summed E-state index contributed by atoms with van der Waals surface area (Å²) >= 11 is 0. The molecule has 0 bridgehead atoms. The van der Waals surface area contributed by atoms with Gasteiger partial charge in [-0.2, -0.15) is 0 Å². The van der Waals surface area contributed by atoms with E-state index in [0.717, 1.165) is 25.8 Å². The van der Waals surface area contributed by atoms with E-state index in [2.05, 4.69) is 5.32 Å². The van der Waals surface area contributed by atoms with E-state index in [9.17, 15) is 4.79 Å². The molecule has 72 valence electrons. The summed E-state index contributed by atoms with van der Waals surface area (Å²) < 4.78 is 0. The van der Waals surface area contributed by atoms with Crippen LogP contribution >= 0.6 is 0 Å². The molecule has 5 N–H and O–H groups in total. The molecule has 0 radical (unpaired) electrons. The number of unbranched alkanes of at least 4 members (excludes halogenated alkanes) is 4. The van der Waals surface area contributed by atoms with Crippen LogP contribution in [0.1, 0.15) is 32.1 Å². The highest BCUT2D eigenvalue weighted by Gasteiger charge is 1.91. The fourth-order valence-electron chi connectivity index (χ4n) is 1.01. The zero-order chi connectivity index (χ0) is 9.23. The summed E-state index contributed by atoms with van der Waals surface area (Å²) in [4.78, 5) is 10.2. The number of carbonyl (C=O) groups is 1. The number of hydrogen-bond acceptors (Lipinski definition) is 2. The zero-order valence-corrected chi connectivity index (χ0v) is 7.51. The molecule has 0 aliphatic rings. The normalized spacial score (nSPS) is 9.75. The van der Waals surface area contributed by atoms with Gasteiger partial charge < -0.3 is 16.8 Å². The topological polar surface area (TPSA) is 81.1 Å². The average Bonchev–Trinajstić information content (AvgIpc) is 2.02. The molecular formula is C8H19N3O. The molecule has 0 atom stereocenters. The average molecular weight is 173 g/mol. The van der Waals surface area contributed by atoms with Crippen molar-refractivity contribution in [3.8, 4) is 0 Å². The van der Waals surface area contributed by atoms with Crippen LogP contribution in [0.4, 0.5) is 4.79 Å². The van der Waals surface area contributed by atoms with Crippen LogP contribution in [0, 0.1) is 0 Å². The molecule has 4 heteroatoms. The molecule has 0 aliphatic carbocycles. The van der Waals surface area contributed by atoms with Gasteiger partial charge in [-0.1, -0.05) is 19.3 Å². The van der Waals surface area contributed by atoms with Crippen molar-refractivity contribution in [2.24, 2.45) is 11.5 Å². The lowest BCUT2D eigenvalue weighted by Crippen LogP contribution is -2.29. The number of nitrogens with two attached hydrogens (primary N) is 2. The first kappa shape index (κ1) is 11.2. The van der Waals surface area contributed by atoms with E-state index in [1.807, 2.05) is 0 Å². The molecule has 0 saturated heterocycles. The lowest BCUT2D eigenvalue weighted by Gasteiger charge is -2.01. The number of amides is 2. The Balaban J connectivity index is 2.86. The third-order valence-electron chi connectivity index (χ3n) is 1.68. The smallest absolute Gasteiger partial charge is 0.312 e. The Labute approximate surface area is 73.7 Å². The maximum Gasteiger partial charge on any atom is 0.312 e. The second-order valence-corrected chi connectivity index (χ2v) is 2.85. The van der Waals surface area contributed by atoms with Crippen LogP contribution in [-0.4, -0.2) is 19.1 Å². The third-order valence-corrected chi connectivity index (χ3v) is 1.68. The summed E-state index contributed by atoms with van der Waals surface area (Å²) in [6.45, 7) is 1.47. The molecule has 0 heterocycles. The number of carbonyl (C=O) groups excluding carboxylic acids is 1. The Morgan fingerprint density at radius 3 is 2.25 bits per heavy atom. The Morgan fingerprint density at radius 2 is 1.67 bits per heavy atom. The lowest BCUT2D eigenvalue weighted by molar-refractivity contribution is 0.248. The maximum atomic E-state index is 10.2. The SMILES string of the molecule is NCCCCCCCNC(N)=O. The number of nitrogens with one attached hydrogen (secondary N) is 1. The van der Waals surface area contributed by atoms with Crippen molar-refractivity contribution in [3.63, 3.8) is 0 Å². The van der Waals surface area contributed by atoms with Crippen molar-refractivity contribution < 1.29 is 4.79 Å². The molecule has 0 rings (SSSR count). The molecule has 0 aliphatic heterocycles. The van der Waals surface area contributed by atoms with E-state index in [0.29, 0.717) is 6.54 Å². The molecule has 0 aromatic rings. The second-order valence-electron chi connectivity index (χ2n) is 2.85. The predicted octanol–water partition coefficient (Wildman–Crippen LogP) is 0.564. The molecule has 12 heavy (non-hydrogen) atoms. The van der Waals surface area contributed by atoms with Crippen molar-refractivity contribution in [3.05, 3.63) is 0 Å². The Bertz CT molecular complexity index is 117. The van der Waals surface area contributed by atoms with Gasteiger partial charge in [0.2, 0.25) is 0 Å². The standard InChI is InChI=1S/C8H19N3O/c9-6-4-2-1-3-5-7-11-8(10)12/h1-7,9H2,(H3,10,11,12). The van der Waals surface area contributed by atoms with Gasteiger partial charge >= 0.3 is 6.03 Å². The van der Waals surface area contributed by atoms with Crippen molar-refractivity contribution in [1.82, 2.24) is 5.32 Å². The van der Waals surface area contributed by atoms with Crippen LogP contribution in [0.3, 0.4) is 0 Å². The van der Waals surface area contributed by atoms with Gasteiger partial charge in [0.25, 0.3) is 0 Å². The summed E-state index contributed by atoms with van der Waals surface area (Å²) in [7, 11) is 0. The van der Waals surface area contributed by atoms with E-state index < -0.39 is 6.03 Å². The summed E-state index contributed by atoms with van der Waals surface area (Å²) in [5, 5.41) is 2.55. The first-order chi connectivity index (χ1) is 5.77. The highest BCUT2D eigenvalue weighted by atomic mass is 16.2. The van der Waals surface area contributed by atoms with E-state index in [4.69, 9.17) is 11.5 Å². The van der Waals surface area contributed by atoms with Gasteiger partial charge in [-0.25, -0.2) is 4.79 Å². The van der Waals surface area contributed by atoms with E-state index in [-0.39, 0.29) is 0 Å². The summed E-state index contributed by atoms with van der Waals surface area (Å²) in [5.41, 5.74) is 10.2. The highest BCUT2D eigenvalue weighted by molar-refractivity contribution is 5.71. The van der Waals surface area contributed by atoms with Gasteiger partial charge in [-0.3, -0.25) is 0 Å². The molecule has 0 unspecified atom stereocenters. The molecule has 2 amide bonds. The van der Waals surface area contributed by atoms with Crippen LogP contribution < -0.4 is 16.8 Å². The van der Waals surface area contributed by atoms with E-state index >= 15 is 0 Å². The van der Waals surface area contributed by atoms with Gasteiger partial charge in [-0.05, 0) is 19.4 Å². The quantitative estimate of drug-likeness (QED) is 0.492. The van der Waals surface area contributed by atoms with E-state index in [1.54, 1.807) is 0 Å². The molecular weight excluding hydrogens is 154 g/mol. The lowest BCUT2D eigenvalue weighted by atomic mass is 10.1. The van der Waals surface area contributed by atoms with Crippen molar-refractivity contribution in [1.29, 1.82) is 0 Å². The minimum Gasteiger partial charge on any atom is -0.352 e. The molecule has 4 nitrogen and oxygen atoms in total.